The molecule has 0 atom stereocenters. The largest absolute Gasteiger partial charge is 0.489 e. The average Bonchev–Trinajstić information content (AvgIpc) is 2.66. The van der Waals surface area contributed by atoms with Gasteiger partial charge in [0.25, 0.3) is 5.91 Å². The van der Waals surface area contributed by atoms with E-state index in [0.29, 0.717) is 17.1 Å². The Kier molecular flexibility index (Phi) is 5.84. The van der Waals surface area contributed by atoms with Crippen molar-refractivity contribution in [3.05, 3.63) is 78.1 Å². The second-order valence-electron chi connectivity index (χ2n) is 6.30. The molecule has 3 rings (SSSR count). The van der Waals surface area contributed by atoms with Crippen LogP contribution >= 0.6 is 0 Å². The van der Waals surface area contributed by atoms with Gasteiger partial charge in [-0.15, -0.1) is 0 Å². The van der Waals surface area contributed by atoms with E-state index in [9.17, 15) is 13.6 Å². The summed E-state index contributed by atoms with van der Waals surface area (Å²) in [6.45, 7) is 3.80. The van der Waals surface area contributed by atoms with Crippen molar-refractivity contribution in [2.75, 3.05) is 10.6 Å². The predicted octanol–water partition coefficient (Wildman–Crippen LogP) is 5.14. The van der Waals surface area contributed by atoms with Crippen LogP contribution in [-0.4, -0.2) is 17.0 Å². The van der Waals surface area contributed by atoms with Crippen LogP contribution in [0.1, 0.15) is 24.3 Å². The highest BCUT2D eigenvalue weighted by molar-refractivity contribution is 6.03. The van der Waals surface area contributed by atoms with Crippen LogP contribution in [0.2, 0.25) is 0 Å². The zero-order valence-corrected chi connectivity index (χ0v) is 15.4. The maximum atomic E-state index is 13.7. The van der Waals surface area contributed by atoms with Crippen LogP contribution in [0.4, 0.5) is 25.8 Å². The monoisotopic (exact) mass is 383 g/mol. The molecule has 2 N–H and O–H groups in total. The molecule has 28 heavy (non-hydrogen) atoms. The van der Waals surface area contributed by atoms with E-state index in [2.05, 4.69) is 15.6 Å². The molecule has 1 aromatic heterocycles. The Hall–Kier alpha value is -3.48. The van der Waals surface area contributed by atoms with Crippen molar-refractivity contribution in [2.24, 2.45) is 0 Å². The van der Waals surface area contributed by atoms with E-state index in [1.807, 2.05) is 19.9 Å². The zero-order chi connectivity index (χ0) is 20.1. The van der Waals surface area contributed by atoms with Gasteiger partial charge in [0.15, 0.2) is 0 Å². The number of hydrogen-bond acceptors (Lipinski definition) is 4. The number of ether oxygens (including phenoxy) is 1. The molecule has 1 heterocycles. The lowest BCUT2D eigenvalue weighted by Gasteiger charge is -2.14. The predicted molar refractivity (Wildman–Crippen MR) is 104 cm³/mol. The molecule has 7 heteroatoms. The summed E-state index contributed by atoms with van der Waals surface area (Å²) in [5.41, 5.74) is 1.30. The van der Waals surface area contributed by atoms with Crippen molar-refractivity contribution in [2.45, 2.75) is 20.0 Å². The van der Waals surface area contributed by atoms with E-state index in [4.69, 9.17) is 4.74 Å². The van der Waals surface area contributed by atoms with Gasteiger partial charge in [-0.2, -0.15) is 0 Å². The maximum absolute atomic E-state index is 13.7. The molecule has 0 spiro atoms. The van der Waals surface area contributed by atoms with Crippen LogP contribution in [0, 0.1) is 11.6 Å². The fourth-order valence-corrected chi connectivity index (χ4v) is 2.46. The molecule has 0 unspecified atom stereocenters. The van der Waals surface area contributed by atoms with E-state index in [0.717, 1.165) is 12.1 Å². The topological polar surface area (TPSA) is 63.2 Å². The Morgan fingerprint density at radius 2 is 1.82 bits per heavy atom. The van der Waals surface area contributed by atoms with E-state index in [1.165, 1.54) is 18.3 Å². The molecule has 0 aliphatic carbocycles. The number of hydrogen-bond donors (Lipinski definition) is 2. The number of nitrogens with one attached hydrogen (secondary N) is 2. The van der Waals surface area contributed by atoms with Gasteiger partial charge in [0.05, 0.1) is 29.4 Å². The van der Waals surface area contributed by atoms with E-state index < -0.39 is 17.5 Å². The van der Waals surface area contributed by atoms with Crippen molar-refractivity contribution in [3.8, 4) is 5.75 Å². The second kappa shape index (κ2) is 8.47. The van der Waals surface area contributed by atoms with Gasteiger partial charge < -0.3 is 15.4 Å². The SMILES string of the molecule is CC(C)Oc1ccccc1NC(=O)c1ccc(Nc2ccc(F)cc2F)cn1. The zero-order valence-electron chi connectivity index (χ0n) is 15.4. The summed E-state index contributed by atoms with van der Waals surface area (Å²) in [6.07, 6.45) is 1.36. The van der Waals surface area contributed by atoms with Crippen LogP contribution in [-0.2, 0) is 0 Å². The standard InChI is InChI=1S/C21H19F2N3O2/c1-13(2)28-20-6-4-3-5-18(20)26-21(27)19-10-8-15(12-24-19)25-17-9-7-14(22)11-16(17)23/h3-13,25H,1-2H3,(H,26,27). The first-order valence-electron chi connectivity index (χ1n) is 8.67. The van der Waals surface area contributed by atoms with Gasteiger partial charge in [0.1, 0.15) is 23.1 Å². The van der Waals surface area contributed by atoms with Crippen molar-refractivity contribution < 1.29 is 18.3 Å². The second-order valence-corrected chi connectivity index (χ2v) is 6.30. The Morgan fingerprint density at radius 3 is 2.50 bits per heavy atom. The summed E-state index contributed by atoms with van der Waals surface area (Å²) < 4.78 is 32.4. The van der Waals surface area contributed by atoms with Crippen LogP contribution < -0.4 is 15.4 Å². The number of anilines is 3. The van der Waals surface area contributed by atoms with E-state index in [-0.39, 0.29) is 17.5 Å². The highest BCUT2D eigenvalue weighted by Crippen LogP contribution is 2.25. The number of amides is 1. The molecule has 2 aromatic carbocycles. The van der Waals surface area contributed by atoms with Gasteiger partial charge in [-0.1, -0.05) is 12.1 Å². The average molecular weight is 383 g/mol. The summed E-state index contributed by atoms with van der Waals surface area (Å²) in [7, 11) is 0. The van der Waals surface area contributed by atoms with Crippen molar-refractivity contribution >= 4 is 23.0 Å². The van der Waals surface area contributed by atoms with Gasteiger partial charge in [0.2, 0.25) is 0 Å². The third-order valence-electron chi connectivity index (χ3n) is 3.70. The molecule has 0 saturated carbocycles. The lowest BCUT2D eigenvalue weighted by molar-refractivity contribution is 0.102. The summed E-state index contributed by atoms with van der Waals surface area (Å²) in [5, 5.41) is 5.56. The van der Waals surface area contributed by atoms with Gasteiger partial charge >= 0.3 is 0 Å². The smallest absolute Gasteiger partial charge is 0.274 e. The van der Waals surface area contributed by atoms with Crippen molar-refractivity contribution in [3.63, 3.8) is 0 Å². The first kappa shape index (κ1) is 19.3. The summed E-state index contributed by atoms with van der Waals surface area (Å²) in [5.74, 6) is -1.21. The quantitative estimate of drug-likeness (QED) is 0.618. The van der Waals surface area contributed by atoms with Gasteiger partial charge in [-0.05, 0) is 50.2 Å². The Morgan fingerprint density at radius 1 is 1.04 bits per heavy atom. The highest BCUT2D eigenvalue weighted by Gasteiger charge is 2.12. The van der Waals surface area contributed by atoms with Crippen LogP contribution in [0.15, 0.2) is 60.8 Å². The number of halogens is 2. The number of para-hydroxylation sites is 2. The summed E-state index contributed by atoms with van der Waals surface area (Å²) in [4.78, 5) is 16.6. The van der Waals surface area contributed by atoms with E-state index in [1.54, 1.807) is 24.3 Å². The first-order chi connectivity index (χ1) is 13.4. The third-order valence-corrected chi connectivity index (χ3v) is 3.70. The molecule has 0 aliphatic heterocycles. The number of benzene rings is 2. The molecular formula is C21H19F2N3O2. The molecule has 0 saturated heterocycles. The molecule has 144 valence electrons. The number of carbonyl (C=O) groups excluding carboxylic acids is 1. The normalized spacial score (nSPS) is 10.6. The molecular weight excluding hydrogens is 364 g/mol. The molecule has 1 amide bonds. The van der Waals surface area contributed by atoms with Gasteiger partial charge in [0, 0.05) is 6.07 Å². The van der Waals surface area contributed by atoms with Crippen molar-refractivity contribution in [1.29, 1.82) is 0 Å². The van der Waals surface area contributed by atoms with Gasteiger partial charge in [-0.25, -0.2) is 13.8 Å². The molecule has 0 fully saturated rings. The molecule has 3 aromatic rings. The fourth-order valence-electron chi connectivity index (χ4n) is 2.46. The molecule has 0 radical (unpaired) electrons. The number of aromatic nitrogens is 1. The lowest BCUT2D eigenvalue weighted by atomic mass is 10.2. The third kappa shape index (κ3) is 4.82. The minimum atomic E-state index is -0.719. The minimum absolute atomic E-state index is 0.0339. The molecule has 0 bridgehead atoms. The number of pyridine rings is 1. The Labute approximate surface area is 161 Å². The van der Waals surface area contributed by atoms with Crippen molar-refractivity contribution in [1.82, 2.24) is 4.98 Å². The van der Waals surface area contributed by atoms with Crippen LogP contribution in [0.3, 0.4) is 0 Å². The minimum Gasteiger partial charge on any atom is -0.489 e. The van der Waals surface area contributed by atoms with E-state index >= 15 is 0 Å². The number of rotatable bonds is 6. The number of carbonyl (C=O) groups is 1. The molecule has 0 aliphatic rings. The first-order valence-corrected chi connectivity index (χ1v) is 8.67. The van der Waals surface area contributed by atoms with Crippen LogP contribution in [0.5, 0.6) is 5.75 Å². The lowest BCUT2D eigenvalue weighted by Crippen LogP contribution is -2.15. The van der Waals surface area contributed by atoms with Crippen LogP contribution in [0.25, 0.3) is 0 Å². The summed E-state index contributed by atoms with van der Waals surface area (Å²) >= 11 is 0. The Balaban J connectivity index is 1.70. The maximum Gasteiger partial charge on any atom is 0.274 e. The summed E-state index contributed by atoms with van der Waals surface area (Å²) in [6, 6.07) is 13.4. The Bertz CT molecular complexity index is 976. The number of nitrogens with zero attached hydrogens (tertiary/aromatic N) is 1. The van der Waals surface area contributed by atoms with Gasteiger partial charge in [-0.3, -0.25) is 4.79 Å². The fraction of sp³-hybridized carbons (Fsp3) is 0.143. The molecule has 5 nitrogen and oxygen atoms in total. The highest BCUT2D eigenvalue weighted by atomic mass is 19.1.